The third kappa shape index (κ3) is 5.38. The van der Waals surface area contributed by atoms with Gasteiger partial charge in [-0.05, 0) is 36.2 Å². The second-order valence-electron chi connectivity index (χ2n) is 7.20. The molecule has 0 atom stereocenters. The lowest BCUT2D eigenvalue weighted by Gasteiger charge is -2.26. The predicted octanol–water partition coefficient (Wildman–Crippen LogP) is 3.11. The molecule has 8 nitrogen and oxygen atoms in total. The van der Waals surface area contributed by atoms with Crippen LogP contribution in [0.3, 0.4) is 0 Å². The van der Waals surface area contributed by atoms with Crippen LogP contribution < -0.4 is 5.32 Å². The van der Waals surface area contributed by atoms with Gasteiger partial charge in [0.25, 0.3) is 11.6 Å². The number of carbonyl (C=O) groups is 1. The minimum atomic E-state index is -3.79. The van der Waals surface area contributed by atoms with E-state index in [1.54, 1.807) is 0 Å². The van der Waals surface area contributed by atoms with E-state index in [0.717, 1.165) is 60.7 Å². The molecular weight excluding hydrogens is 426 g/mol. The van der Waals surface area contributed by atoms with Crippen LogP contribution in [-0.2, 0) is 16.4 Å². The van der Waals surface area contributed by atoms with Gasteiger partial charge in [0.2, 0.25) is 0 Å². The number of anilines is 1. The van der Waals surface area contributed by atoms with Crippen molar-refractivity contribution < 1.29 is 18.1 Å². The first-order valence-electron chi connectivity index (χ1n) is 9.34. The highest BCUT2D eigenvalue weighted by Crippen LogP contribution is 2.26. The largest absolute Gasteiger partial charge is 0.322 e. The zero-order valence-corrected chi connectivity index (χ0v) is 18.4. The summed E-state index contributed by atoms with van der Waals surface area (Å²) in [5.41, 5.74) is 1.97. The van der Waals surface area contributed by atoms with Gasteiger partial charge in [0.05, 0.1) is 4.92 Å². The first-order chi connectivity index (χ1) is 14.1. The summed E-state index contributed by atoms with van der Waals surface area (Å²) in [5.74, 6) is 1.68. The Balaban J connectivity index is 1.82. The zero-order valence-electron chi connectivity index (χ0n) is 16.8. The van der Waals surface area contributed by atoms with E-state index in [1.165, 1.54) is 6.07 Å². The number of hydrogen-bond acceptors (Lipinski definition) is 7. The Hall–Kier alpha value is -2.43. The molecule has 1 N–H and O–H groups in total. The summed E-state index contributed by atoms with van der Waals surface area (Å²) in [6.07, 6.45) is 0.894. The van der Waals surface area contributed by atoms with Crippen molar-refractivity contribution in [2.24, 2.45) is 0 Å². The zero-order chi connectivity index (χ0) is 21.9. The van der Waals surface area contributed by atoms with Gasteiger partial charge in [-0.15, -0.1) is 0 Å². The lowest BCUT2D eigenvalue weighted by Crippen LogP contribution is -2.32. The molecule has 10 heteroatoms. The van der Waals surface area contributed by atoms with Gasteiger partial charge in [0, 0.05) is 54.7 Å². The first kappa shape index (κ1) is 22.3. The van der Waals surface area contributed by atoms with E-state index in [9.17, 15) is 23.3 Å². The van der Waals surface area contributed by atoms with Crippen LogP contribution in [0.15, 0.2) is 41.3 Å². The van der Waals surface area contributed by atoms with E-state index in [4.69, 9.17) is 0 Å². The number of nitro benzene ring substituents is 1. The molecule has 1 aliphatic heterocycles. The lowest BCUT2D eigenvalue weighted by atomic mass is 10.1. The lowest BCUT2D eigenvalue weighted by molar-refractivity contribution is -0.387. The Labute approximate surface area is 179 Å². The topological polar surface area (TPSA) is 110 Å². The van der Waals surface area contributed by atoms with Crippen molar-refractivity contribution in [3.05, 3.63) is 63.2 Å². The van der Waals surface area contributed by atoms with Crippen LogP contribution in [0.4, 0.5) is 11.4 Å². The summed E-state index contributed by atoms with van der Waals surface area (Å²) < 4.78 is 23.5. The molecule has 160 valence electrons. The van der Waals surface area contributed by atoms with Gasteiger partial charge < -0.3 is 5.32 Å². The van der Waals surface area contributed by atoms with Gasteiger partial charge in [-0.2, -0.15) is 11.8 Å². The standard InChI is InChI=1S/C20H23N3O5S2/c1-14-3-4-15(13-22-7-9-29-10-8-22)11-17(14)21-20(24)16-5-6-19(30(2,27)28)18(12-16)23(25)26/h3-6,11-12H,7-10,13H2,1-2H3,(H,21,24). The van der Waals surface area contributed by atoms with Crippen LogP contribution in [0.2, 0.25) is 0 Å². The summed E-state index contributed by atoms with van der Waals surface area (Å²) >= 11 is 1.94. The molecule has 0 spiro atoms. The maximum Gasteiger partial charge on any atom is 0.288 e. The molecule has 0 radical (unpaired) electrons. The van der Waals surface area contributed by atoms with Crippen LogP contribution in [-0.4, -0.2) is 55.0 Å². The maximum atomic E-state index is 12.7. The van der Waals surface area contributed by atoms with Crippen molar-refractivity contribution >= 4 is 38.9 Å². The fourth-order valence-electron chi connectivity index (χ4n) is 3.23. The molecular formula is C20H23N3O5S2. The molecule has 30 heavy (non-hydrogen) atoms. The molecule has 1 saturated heterocycles. The minimum absolute atomic E-state index is 0.0203. The van der Waals surface area contributed by atoms with Gasteiger partial charge >= 0.3 is 0 Å². The molecule has 1 fully saturated rings. The summed E-state index contributed by atoms with van der Waals surface area (Å²) in [6.45, 7) is 4.71. The highest BCUT2D eigenvalue weighted by atomic mass is 32.2. The van der Waals surface area contributed by atoms with Crippen LogP contribution >= 0.6 is 11.8 Å². The van der Waals surface area contributed by atoms with E-state index in [2.05, 4.69) is 10.2 Å². The number of nitrogens with zero attached hydrogens (tertiary/aromatic N) is 2. The Bertz CT molecular complexity index is 1080. The van der Waals surface area contributed by atoms with Gasteiger partial charge in [0.1, 0.15) is 4.90 Å². The number of nitro groups is 1. The van der Waals surface area contributed by atoms with Gasteiger partial charge in [-0.3, -0.25) is 19.8 Å². The third-order valence-electron chi connectivity index (χ3n) is 4.88. The van der Waals surface area contributed by atoms with Crippen molar-refractivity contribution in [3.63, 3.8) is 0 Å². The third-order valence-corrected chi connectivity index (χ3v) is 6.96. The summed E-state index contributed by atoms with van der Waals surface area (Å²) in [4.78, 5) is 25.2. The molecule has 3 rings (SSSR count). The number of nitrogens with one attached hydrogen (secondary N) is 1. The SMILES string of the molecule is Cc1ccc(CN2CCSCC2)cc1NC(=O)c1ccc(S(C)(=O)=O)c([N+](=O)[O-])c1. The minimum Gasteiger partial charge on any atom is -0.322 e. The Morgan fingerprint density at radius 3 is 2.53 bits per heavy atom. The van der Waals surface area contributed by atoms with E-state index in [1.807, 2.05) is 36.9 Å². The van der Waals surface area contributed by atoms with E-state index >= 15 is 0 Å². The fraction of sp³-hybridized carbons (Fsp3) is 0.350. The van der Waals surface area contributed by atoms with Crippen molar-refractivity contribution in [2.45, 2.75) is 18.4 Å². The first-order valence-corrected chi connectivity index (χ1v) is 12.4. The average molecular weight is 450 g/mol. The number of carbonyl (C=O) groups excluding carboxylic acids is 1. The van der Waals surface area contributed by atoms with Crippen molar-refractivity contribution in [2.75, 3.05) is 36.2 Å². The van der Waals surface area contributed by atoms with E-state index < -0.39 is 31.3 Å². The van der Waals surface area contributed by atoms with Crippen molar-refractivity contribution in [1.29, 1.82) is 0 Å². The molecule has 1 heterocycles. The number of amides is 1. The van der Waals surface area contributed by atoms with Crippen molar-refractivity contribution in [1.82, 2.24) is 4.90 Å². The van der Waals surface area contributed by atoms with Gasteiger partial charge in [-0.1, -0.05) is 12.1 Å². The predicted molar refractivity (Wildman–Crippen MR) is 118 cm³/mol. The Kier molecular flexibility index (Phi) is 6.79. The number of rotatable bonds is 6. The Morgan fingerprint density at radius 1 is 1.20 bits per heavy atom. The maximum absolute atomic E-state index is 12.7. The summed E-state index contributed by atoms with van der Waals surface area (Å²) in [7, 11) is -3.79. The molecule has 0 bridgehead atoms. The number of benzene rings is 2. The van der Waals surface area contributed by atoms with E-state index in [-0.39, 0.29) is 5.56 Å². The number of aryl methyl sites for hydroxylation is 1. The molecule has 2 aromatic carbocycles. The second kappa shape index (κ2) is 9.15. The highest BCUT2D eigenvalue weighted by molar-refractivity contribution is 7.99. The number of sulfone groups is 1. The second-order valence-corrected chi connectivity index (χ2v) is 10.4. The molecule has 0 aliphatic carbocycles. The van der Waals surface area contributed by atoms with Gasteiger partial charge in [0.15, 0.2) is 9.84 Å². The molecule has 1 aliphatic rings. The molecule has 0 aromatic heterocycles. The van der Waals surface area contributed by atoms with Gasteiger partial charge in [-0.25, -0.2) is 8.42 Å². The monoisotopic (exact) mass is 449 g/mol. The average Bonchev–Trinajstić information content (AvgIpc) is 2.70. The Morgan fingerprint density at radius 2 is 1.90 bits per heavy atom. The van der Waals surface area contributed by atoms with Crippen LogP contribution in [0.5, 0.6) is 0 Å². The van der Waals surface area contributed by atoms with Crippen molar-refractivity contribution in [3.8, 4) is 0 Å². The summed E-state index contributed by atoms with van der Waals surface area (Å²) in [5, 5.41) is 14.1. The molecule has 0 saturated carbocycles. The van der Waals surface area contributed by atoms with Crippen LogP contribution in [0.1, 0.15) is 21.5 Å². The van der Waals surface area contributed by atoms with Crippen LogP contribution in [0, 0.1) is 17.0 Å². The molecule has 1 amide bonds. The quantitative estimate of drug-likeness (QED) is 0.533. The normalized spacial score (nSPS) is 15.0. The fourth-order valence-corrected chi connectivity index (χ4v) is 5.04. The highest BCUT2D eigenvalue weighted by Gasteiger charge is 2.24. The number of hydrogen-bond donors (Lipinski definition) is 1. The molecule has 0 unspecified atom stereocenters. The smallest absolute Gasteiger partial charge is 0.288 e. The number of thioether (sulfide) groups is 1. The van der Waals surface area contributed by atoms with E-state index in [0.29, 0.717) is 5.69 Å². The van der Waals surface area contributed by atoms with Crippen LogP contribution in [0.25, 0.3) is 0 Å². The summed E-state index contributed by atoms with van der Waals surface area (Å²) in [6, 6.07) is 9.24. The molecule has 2 aromatic rings.